The second kappa shape index (κ2) is 7.28. The van der Waals surface area contributed by atoms with E-state index in [1.807, 2.05) is 19.9 Å². The first-order valence-electron chi connectivity index (χ1n) is 7.61. The van der Waals surface area contributed by atoms with Gasteiger partial charge in [0.1, 0.15) is 5.75 Å². The number of benzene rings is 1. The van der Waals surface area contributed by atoms with Crippen molar-refractivity contribution in [1.82, 2.24) is 0 Å². The molecule has 0 aliphatic carbocycles. The molecule has 0 saturated heterocycles. The molecule has 3 nitrogen and oxygen atoms in total. The van der Waals surface area contributed by atoms with Crippen LogP contribution in [0.1, 0.15) is 37.8 Å². The maximum absolute atomic E-state index is 9.07. The van der Waals surface area contributed by atoms with Crippen LogP contribution in [0.5, 0.6) is 5.75 Å². The minimum Gasteiger partial charge on any atom is -0.491 e. The average molecular weight is 310 g/mol. The summed E-state index contributed by atoms with van der Waals surface area (Å²) in [7, 11) is 0. The zero-order valence-corrected chi connectivity index (χ0v) is 13.8. The van der Waals surface area contributed by atoms with Gasteiger partial charge in [-0.15, -0.1) is 0 Å². The van der Waals surface area contributed by atoms with Gasteiger partial charge >= 0.3 is 0 Å². The molecule has 1 heterocycles. The van der Waals surface area contributed by atoms with Crippen LogP contribution >= 0.6 is 11.6 Å². The molecule has 2 rings (SSSR count). The number of aliphatic imine (C=N–C) groups is 1. The largest absolute Gasteiger partial charge is 0.491 e. The first-order chi connectivity index (χ1) is 10.0. The van der Waals surface area contributed by atoms with Gasteiger partial charge in [0.25, 0.3) is 0 Å². The number of nitrogens with zero attached hydrogens (tertiary/aromatic N) is 1. The Hall–Kier alpha value is -1.06. The summed E-state index contributed by atoms with van der Waals surface area (Å²) in [6.45, 7) is 7.65. The van der Waals surface area contributed by atoms with Gasteiger partial charge in [0.2, 0.25) is 0 Å². The normalized spacial score (nSPS) is 20.0. The molecule has 0 bridgehead atoms. The molecule has 0 spiro atoms. The molecule has 2 atom stereocenters. The predicted molar refractivity (Wildman–Crippen MR) is 87.7 cm³/mol. The third kappa shape index (κ3) is 3.98. The summed E-state index contributed by atoms with van der Waals surface area (Å²) in [5, 5.41) is 9.69. The van der Waals surface area contributed by atoms with E-state index in [0.717, 1.165) is 29.8 Å². The van der Waals surface area contributed by atoms with Crippen molar-refractivity contribution in [1.29, 1.82) is 0 Å². The summed E-state index contributed by atoms with van der Waals surface area (Å²) in [4.78, 5) is 4.66. The highest BCUT2D eigenvalue weighted by molar-refractivity contribution is 6.32. The Morgan fingerprint density at radius 1 is 1.48 bits per heavy atom. The van der Waals surface area contributed by atoms with Crippen LogP contribution in [-0.4, -0.2) is 30.6 Å². The van der Waals surface area contributed by atoms with Crippen LogP contribution in [0.4, 0.5) is 0 Å². The highest BCUT2D eigenvalue weighted by Gasteiger charge is 2.19. The first kappa shape index (κ1) is 16.3. The standard InChI is InChI=1S/C17H24ClNO2/c1-11(9-20)10-21-17-13(3)7-14(8-15(17)18)16-12(2)5-4-6-19-16/h7-8,11-12,20H,4-6,9-10H2,1-3H3. The third-order valence-corrected chi connectivity index (χ3v) is 4.17. The highest BCUT2D eigenvalue weighted by Crippen LogP contribution is 2.32. The second-order valence-electron chi connectivity index (χ2n) is 6.01. The number of halogens is 1. The molecule has 0 amide bonds. The molecule has 4 heteroatoms. The second-order valence-corrected chi connectivity index (χ2v) is 6.42. The summed E-state index contributed by atoms with van der Waals surface area (Å²) in [6.07, 6.45) is 2.35. The monoisotopic (exact) mass is 309 g/mol. The number of aliphatic hydroxyl groups excluding tert-OH is 1. The molecule has 0 fully saturated rings. The van der Waals surface area contributed by atoms with Crippen molar-refractivity contribution in [3.63, 3.8) is 0 Å². The van der Waals surface area contributed by atoms with Crippen LogP contribution in [0, 0.1) is 18.8 Å². The zero-order chi connectivity index (χ0) is 15.4. The van der Waals surface area contributed by atoms with E-state index >= 15 is 0 Å². The van der Waals surface area contributed by atoms with Gasteiger partial charge in [-0.1, -0.05) is 25.4 Å². The molecule has 1 aliphatic heterocycles. The van der Waals surface area contributed by atoms with Gasteiger partial charge in [0.15, 0.2) is 0 Å². The number of aliphatic hydroxyl groups is 1. The van der Waals surface area contributed by atoms with Gasteiger partial charge in [-0.3, -0.25) is 4.99 Å². The smallest absolute Gasteiger partial charge is 0.140 e. The van der Waals surface area contributed by atoms with E-state index in [9.17, 15) is 0 Å². The van der Waals surface area contributed by atoms with E-state index < -0.39 is 0 Å². The van der Waals surface area contributed by atoms with Crippen LogP contribution in [0.2, 0.25) is 5.02 Å². The van der Waals surface area contributed by atoms with Gasteiger partial charge < -0.3 is 9.84 Å². The highest BCUT2D eigenvalue weighted by atomic mass is 35.5. The van der Waals surface area contributed by atoms with Crippen LogP contribution in [0.15, 0.2) is 17.1 Å². The van der Waals surface area contributed by atoms with Crippen LogP contribution < -0.4 is 4.74 Å². The van der Waals surface area contributed by atoms with E-state index in [4.69, 9.17) is 21.4 Å². The van der Waals surface area contributed by atoms with Gasteiger partial charge in [-0.2, -0.15) is 0 Å². The Labute approximate surface area is 132 Å². The molecular weight excluding hydrogens is 286 g/mol. The van der Waals surface area contributed by atoms with Crippen molar-refractivity contribution in [2.24, 2.45) is 16.8 Å². The van der Waals surface area contributed by atoms with Crippen molar-refractivity contribution >= 4 is 17.3 Å². The van der Waals surface area contributed by atoms with E-state index in [-0.39, 0.29) is 12.5 Å². The molecule has 21 heavy (non-hydrogen) atoms. The fraction of sp³-hybridized carbons (Fsp3) is 0.588. The predicted octanol–water partition coefficient (Wildman–Crippen LogP) is 3.87. The lowest BCUT2D eigenvalue weighted by Gasteiger charge is -2.21. The number of hydrogen-bond donors (Lipinski definition) is 1. The minimum absolute atomic E-state index is 0.0999. The number of aryl methyl sites for hydroxylation is 1. The Morgan fingerprint density at radius 3 is 2.86 bits per heavy atom. The van der Waals surface area contributed by atoms with Crippen LogP contribution in [0.3, 0.4) is 0 Å². The van der Waals surface area contributed by atoms with E-state index in [0.29, 0.717) is 23.3 Å². The molecule has 1 aromatic carbocycles. The lowest BCUT2D eigenvalue weighted by Crippen LogP contribution is -2.18. The van der Waals surface area contributed by atoms with E-state index in [2.05, 4.69) is 18.0 Å². The van der Waals surface area contributed by atoms with E-state index in [1.165, 1.54) is 6.42 Å². The molecule has 0 saturated carbocycles. The molecular formula is C17H24ClNO2. The van der Waals surface area contributed by atoms with Crippen molar-refractivity contribution < 1.29 is 9.84 Å². The molecule has 0 radical (unpaired) electrons. The van der Waals surface area contributed by atoms with Crippen molar-refractivity contribution in [3.05, 3.63) is 28.3 Å². The number of hydrogen-bond acceptors (Lipinski definition) is 3. The van der Waals surface area contributed by atoms with Crippen molar-refractivity contribution in [2.75, 3.05) is 19.8 Å². The molecule has 2 unspecified atom stereocenters. The fourth-order valence-electron chi connectivity index (χ4n) is 2.61. The lowest BCUT2D eigenvalue weighted by atomic mass is 9.91. The maximum Gasteiger partial charge on any atom is 0.140 e. The molecule has 1 aliphatic rings. The van der Waals surface area contributed by atoms with Crippen LogP contribution in [0.25, 0.3) is 0 Å². The maximum atomic E-state index is 9.07. The molecule has 1 N–H and O–H groups in total. The fourth-order valence-corrected chi connectivity index (χ4v) is 2.93. The first-order valence-corrected chi connectivity index (χ1v) is 7.99. The Bertz CT molecular complexity index is 505. The zero-order valence-electron chi connectivity index (χ0n) is 13.0. The van der Waals surface area contributed by atoms with Crippen molar-refractivity contribution in [2.45, 2.75) is 33.6 Å². The summed E-state index contributed by atoms with van der Waals surface area (Å²) < 4.78 is 5.76. The summed E-state index contributed by atoms with van der Waals surface area (Å²) in [6, 6.07) is 4.06. The lowest BCUT2D eigenvalue weighted by molar-refractivity contribution is 0.174. The Balaban J connectivity index is 2.22. The topological polar surface area (TPSA) is 41.8 Å². The van der Waals surface area contributed by atoms with Crippen molar-refractivity contribution in [3.8, 4) is 5.75 Å². The van der Waals surface area contributed by atoms with Gasteiger partial charge in [-0.25, -0.2) is 0 Å². The van der Waals surface area contributed by atoms with E-state index in [1.54, 1.807) is 0 Å². The molecule has 116 valence electrons. The SMILES string of the molecule is Cc1cc(C2=NCCCC2C)cc(Cl)c1OCC(C)CO. The molecule has 0 aromatic heterocycles. The summed E-state index contributed by atoms with van der Waals surface area (Å²) in [5.41, 5.74) is 3.27. The number of ether oxygens (including phenoxy) is 1. The Morgan fingerprint density at radius 2 is 2.24 bits per heavy atom. The van der Waals surface area contributed by atoms with Gasteiger partial charge in [-0.05, 0) is 48.9 Å². The van der Waals surface area contributed by atoms with Gasteiger partial charge in [0, 0.05) is 24.8 Å². The molecule has 1 aromatic rings. The summed E-state index contributed by atoms with van der Waals surface area (Å²) >= 11 is 6.39. The minimum atomic E-state index is 0.0999. The van der Waals surface area contributed by atoms with Crippen LogP contribution in [-0.2, 0) is 0 Å². The summed E-state index contributed by atoms with van der Waals surface area (Å²) in [5.74, 6) is 1.29. The van der Waals surface area contributed by atoms with Gasteiger partial charge in [0.05, 0.1) is 11.6 Å². The Kier molecular flexibility index (Phi) is 5.65. The third-order valence-electron chi connectivity index (χ3n) is 3.89. The quantitative estimate of drug-likeness (QED) is 0.897. The number of rotatable bonds is 5. The average Bonchev–Trinajstić information content (AvgIpc) is 2.46.